The Labute approximate surface area is 381 Å². The molecular weight excluding hydrogens is 819 g/mol. The Morgan fingerprint density at radius 1 is 0.891 bits per heavy atom. The van der Waals surface area contributed by atoms with Crippen molar-refractivity contribution in [1.29, 1.82) is 0 Å². The van der Waals surface area contributed by atoms with Crippen molar-refractivity contribution in [2.24, 2.45) is 29.6 Å². The lowest BCUT2D eigenvalue weighted by atomic mass is 9.81. The van der Waals surface area contributed by atoms with E-state index in [0.29, 0.717) is 50.7 Å². The summed E-state index contributed by atoms with van der Waals surface area (Å²) in [6.45, 7) is 12.0. The van der Waals surface area contributed by atoms with E-state index in [1.165, 1.54) is 10.5 Å². The zero-order chi connectivity index (χ0) is 46.7. The van der Waals surface area contributed by atoms with E-state index in [1.54, 1.807) is 35.2 Å². The normalized spacial score (nSPS) is 37.8. The van der Waals surface area contributed by atoms with E-state index in [9.17, 15) is 29.4 Å². The highest BCUT2D eigenvalue weighted by molar-refractivity contribution is 6.39. The maximum Gasteiger partial charge on any atom is 0.329 e. The molecule has 5 rings (SSSR count). The van der Waals surface area contributed by atoms with Crippen LogP contribution in [0.4, 0.5) is 0 Å². The van der Waals surface area contributed by atoms with E-state index >= 15 is 0 Å². The summed E-state index contributed by atoms with van der Waals surface area (Å²) in [4.78, 5) is 58.3. The largest absolute Gasteiger partial charge is 0.456 e. The summed E-state index contributed by atoms with van der Waals surface area (Å²) in [5.41, 5.74) is 2.92. The van der Waals surface area contributed by atoms with E-state index in [0.717, 1.165) is 24.8 Å². The molecule has 13 nitrogen and oxygen atoms in total. The molecule has 1 aromatic carbocycles. The molecule has 1 aliphatic carbocycles. The van der Waals surface area contributed by atoms with Gasteiger partial charge in [-0.2, -0.15) is 0 Å². The van der Waals surface area contributed by atoms with Crippen molar-refractivity contribution in [3.63, 3.8) is 0 Å². The number of methoxy groups -OCH3 is 3. The number of ether oxygens (including phenoxy) is 6. The molecule has 0 radical (unpaired) electrons. The van der Waals surface area contributed by atoms with Crippen LogP contribution in [0.3, 0.4) is 0 Å². The van der Waals surface area contributed by atoms with Crippen molar-refractivity contribution in [2.75, 3.05) is 34.5 Å². The first-order chi connectivity index (χ1) is 30.5. The van der Waals surface area contributed by atoms with Gasteiger partial charge >= 0.3 is 5.97 Å². The summed E-state index contributed by atoms with van der Waals surface area (Å²) in [6.07, 6.45) is 5.86. The molecule has 2 bridgehead atoms. The van der Waals surface area contributed by atoms with Gasteiger partial charge in [-0.3, -0.25) is 14.4 Å². The Morgan fingerprint density at radius 2 is 1.58 bits per heavy atom. The highest BCUT2D eigenvalue weighted by Crippen LogP contribution is 2.39. The quantitative estimate of drug-likeness (QED) is 0.145. The number of esters is 1. The van der Waals surface area contributed by atoms with Crippen LogP contribution in [0.1, 0.15) is 118 Å². The molecule has 64 heavy (non-hydrogen) atoms. The number of aliphatic hydroxyl groups excluding tert-OH is 1. The summed E-state index contributed by atoms with van der Waals surface area (Å²) >= 11 is 0. The lowest BCUT2D eigenvalue weighted by Crippen LogP contribution is -2.64. The number of rotatable bonds is 10. The van der Waals surface area contributed by atoms with Gasteiger partial charge in [0.15, 0.2) is 0 Å². The van der Waals surface area contributed by atoms with Gasteiger partial charge in [0.2, 0.25) is 5.79 Å². The van der Waals surface area contributed by atoms with Gasteiger partial charge in [0, 0.05) is 52.0 Å². The molecule has 14 atom stereocenters. The minimum absolute atomic E-state index is 0.0357. The molecule has 358 valence electrons. The van der Waals surface area contributed by atoms with Crippen molar-refractivity contribution >= 4 is 23.4 Å². The molecule has 1 amide bonds. The molecule has 2 N–H and O–H groups in total. The van der Waals surface area contributed by atoms with E-state index < -0.39 is 77.8 Å². The van der Waals surface area contributed by atoms with E-state index in [4.69, 9.17) is 28.4 Å². The van der Waals surface area contributed by atoms with Crippen LogP contribution in [0.2, 0.25) is 0 Å². The van der Waals surface area contributed by atoms with Gasteiger partial charge < -0.3 is 43.5 Å². The number of amides is 1. The maximum atomic E-state index is 14.5. The SMILES string of the molecule is CC[C@@H]1/C=C(\C)C[C@H](C)CC(OC)[C@H]2O[C@@](O)(C(=O)C(=O)N3CCCC[C@H]3C(=O)O[C@H](/C(C)=C/[C@@H]3CC[C@@H](OCCc4ccccc4)[C@H](OC)C3)[C@H](C)[C@@H](O)CC1=O)[C@H](C)C[C@@H]2OC. The number of allylic oxidation sites excluding steroid dienone is 3. The minimum atomic E-state index is -2.50. The number of benzene rings is 1. The van der Waals surface area contributed by atoms with Crippen LogP contribution in [-0.2, 0) is 54.0 Å². The average molecular weight is 896 g/mol. The summed E-state index contributed by atoms with van der Waals surface area (Å²) in [5, 5.41) is 23.9. The number of hydrogen-bond donors (Lipinski definition) is 2. The predicted octanol–water partition coefficient (Wildman–Crippen LogP) is 6.74. The minimum Gasteiger partial charge on any atom is -0.456 e. The number of ketones is 2. The number of hydrogen-bond acceptors (Lipinski definition) is 12. The molecule has 4 aliphatic rings. The molecule has 2 saturated heterocycles. The number of carbonyl (C=O) groups excluding carboxylic acids is 4. The molecular formula is C51H77NO12. The fraction of sp³-hybridized carbons (Fsp3) is 0.725. The molecule has 0 spiro atoms. The molecule has 3 heterocycles. The van der Waals surface area contributed by atoms with Crippen LogP contribution in [0.15, 0.2) is 53.6 Å². The lowest BCUT2D eigenvalue weighted by molar-refractivity contribution is -0.302. The van der Waals surface area contributed by atoms with E-state index in [-0.39, 0.29) is 55.6 Å². The maximum absolute atomic E-state index is 14.5. The molecule has 1 unspecified atom stereocenters. The van der Waals surface area contributed by atoms with Crippen LogP contribution in [0, 0.1) is 29.6 Å². The first-order valence-electron chi connectivity index (χ1n) is 23.8. The van der Waals surface area contributed by atoms with Crippen molar-refractivity contribution in [2.45, 2.75) is 173 Å². The molecule has 0 aromatic heterocycles. The highest BCUT2D eigenvalue weighted by Gasteiger charge is 2.56. The second kappa shape index (κ2) is 23.9. The third kappa shape index (κ3) is 12.8. The molecule has 1 aromatic rings. The lowest BCUT2D eigenvalue weighted by Gasteiger charge is -2.47. The van der Waals surface area contributed by atoms with Crippen molar-refractivity contribution in [1.82, 2.24) is 4.90 Å². The number of aliphatic hydroxyl groups is 2. The number of cyclic esters (lactones) is 1. The van der Waals surface area contributed by atoms with Gasteiger partial charge in [-0.1, -0.05) is 75.8 Å². The molecule has 1 saturated carbocycles. The third-order valence-corrected chi connectivity index (χ3v) is 14.4. The van der Waals surface area contributed by atoms with E-state index in [1.807, 2.05) is 45.0 Å². The zero-order valence-corrected chi connectivity index (χ0v) is 39.9. The fourth-order valence-electron chi connectivity index (χ4n) is 10.5. The van der Waals surface area contributed by atoms with Crippen molar-refractivity contribution in [3.8, 4) is 0 Å². The van der Waals surface area contributed by atoms with Gasteiger partial charge in [-0.15, -0.1) is 0 Å². The van der Waals surface area contributed by atoms with Gasteiger partial charge in [-0.25, -0.2) is 4.79 Å². The Balaban J connectivity index is 1.45. The smallest absolute Gasteiger partial charge is 0.329 e. The van der Waals surface area contributed by atoms with Crippen LogP contribution >= 0.6 is 0 Å². The van der Waals surface area contributed by atoms with Crippen LogP contribution in [0.5, 0.6) is 0 Å². The first kappa shape index (κ1) is 51.7. The summed E-state index contributed by atoms with van der Waals surface area (Å²) in [7, 11) is 4.77. The van der Waals surface area contributed by atoms with E-state index in [2.05, 4.69) is 25.1 Å². The third-order valence-electron chi connectivity index (χ3n) is 14.4. The number of piperidine rings is 1. The van der Waals surface area contributed by atoms with Crippen LogP contribution in [-0.4, -0.2) is 128 Å². The second-order valence-corrected chi connectivity index (χ2v) is 19.2. The van der Waals surface area contributed by atoms with Crippen LogP contribution < -0.4 is 0 Å². The zero-order valence-electron chi connectivity index (χ0n) is 39.9. The Kier molecular flexibility index (Phi) is 19.3. The van der Waals surface area contributed by atoms with Crippen molar-refractivity contribution in [3.05, 3.63) is 59.2 Å². The monoisotopic (exact) mass is 896 g/mol. The average Bonchev–Trinajstić information content (AvgIpc) is 3.29. The van der Waals surface area contributed by atoms with Gasteiger partial charge in [-0.05, 0) is 107 Å². The second-order valence-electron chi connectivity index (χ2n) is 19.2. The van der Waals surface area contributed by atoms with Gasteiger partial charge in [0.25, 0.3) is 11.7 Å². The number of Topliss-reactive ketones (excluding diaryl/α,β-unsaturated/α-hetero) is 2. The Bertz CT molecular complexity index is 1770. The topological polar surface area (TPSA) is 167 Å². The standard InChI is InChI=1S/C51H77NO12/c1-10-38-25-31(2)24-32(3)26-44(60-8)47-45(61-9)28-34(5)51(58,64-47)48(55)49(56)52-22-15-14-18-39(52)50(57)63-46(35(6)40(53)30-41(38)54)33(4)27-37-19-20-42(43(29-37)59-7)62-23-21-36-16-12-11-13-17-36/h11-13,16-17,25,27,32,34-35,37-40,42-47,53,58H,10,14-15,18-24,26,28-30H2,1-9H3/b31-25+,33-27+/t32-,34+,35+,37-,38+,39-,40-,42+,43+,44?,45-,46+,47+,51+/m0/s1. The van der Waals surface area contributed by atoms with Crippen LogP contribution in [0.25, 0.3) is 0 Å². The fourth-order valence-corrected chi connectivity index (χ4v) is 10.5. The molecule has 3 aliphatic heterocycles. The Hall–Kier alpha value is -3.30. The number of nitrogens with zero attached hydrogens (tertiary/aromatic N) is 1. The Morgan fingerprint density at radius 3 is 2.25 bits per heavy atom. The van der Waals surface area contributed by atoms with Gasteiger partial charge in [0.1, 0.15) is 24.0 Å². The molecule has 13 heteroatoms. The van der Waals surface area contributed by atoms with Crippen molar-refractivity contribution < 1.29 is 57.8 Å². The first-order valence-corrected chi connectivity index (χ1v) is 23.8. The summed E-state index contributed by atoms with van der Waals surface area (Å²) in [6, 6.07) is 9.09. The predicted molar refractivity (Wildman–Crippen MR) is 242 cm³/mol. The number of carbonyl (C=O) groups is 4. The van der Waals surface area contributed by atoms with Gasteiger partial charge in [0.05, 0.1) is 37.1 Å². The number of fused-ring (bicyclic) bond motifs is 3. The summed E-state index contributed by atoms with van der Waals surface area (Å²) in [5.74, 6) is -7.38. The highest BCUT2D eigenvalue weighted by atomic mass is 16.7. The molecule has 3 fully saturated rings. The summed E-state index contributed by atoms with van der Waals surface area (Å²) < 4.78 is 36.7.